The summed E-state index contributed by atoms with van der Waals surface area (Å²) in [5.41, 5.74) is 2.42. The van der Waals surface area contributed by atoms with Gasteiger partial charge < -0.3 is 23.4 Å². The molecule has 0 saturated carbocycles. The highest BCUT2D eigenvalue weighted by Gasteiger charge is 2.20. The lowest BCUT2D eigenvalue weighted by molar-refractivity contribution is 0.0602. The number of esters is 1. The van der Waals surface area contributed by atoms with Gasteiger partial charge in [-0.3, -0.25) is 0 Å². The van der Waals surface area contributed by atoms with Crippen molar-refractivity contribution in [3.63, 3.8) is 0 Å². The Labute approximate surface area is 144 Å². The van der Waals surface area contributed by atoms with Gasteiger partial charge in [-0.25, -0.2) is 4.79 Å². The molecule has 2 aromatic carbocycles. The lowest BCUT2D eigenvalue weighted by atomic mass is 10.00. The lowest BCUT2D eigenvalue weighted by Crippen LogP contribution is -2.02. The van der Waals surface area contributed by atoms with E-state index in [1.165, 1.54) is 14.2 Å². The molecule has 0 aliphatic rings. The molecule has 1 heterocycles. The Hall–Kier alpha value is -3.15. The fraction of sp³-hybridized carbons (Fsp3) is 0.211. The molecule has 0 atom stereocenters. The largest absolute Gasteiger partial charge is 0.497 e. The van der Waals surface area contributed by atoms with Crippen LogP contribution in [0, 0.1) is 0 Å². The van der Waals surface area contributed by atoms with Crippen LogP contribution in [0.2, 0.25) is 0 Å². The quantitative estimate of drug-likeness (QED) is 0.655. The van der Waals surface area contributed by atoms with E-state index in [0.29, 0.717) is 33.8 Å². The van der Waals surface area contributed by atoms with Crippen LogP contribution in [0.1, 0.15) is 10.4 Å². The molecule has 0 saturated heterocycles. The minimum atomic E-state index is -0.471. The molecule has 0 radical (unpaired) electrons. The van der Waals surface area contributed by atoms with Gasteiger partial charge in [0.2, 0.25) is 0 Å². The fourth-order valence-electron chi connectivity index (χ4n) is 2.71. The molecule has 0 aliphatic heterocycles. The summed E-state index contributed by atoms with van der Waals surface area (Å²) in [6.07, 6.45) is 1.59. The molecule has 0 aliphatic carbocycles. The van der Waals surface area contributed by atoms with E-state index in [4.69, 9.17) is 23.4 Å². The van der Waals surface area contributed by atoms with Crippen LogP contribution in [0.25, 0.3) is 22.1 Å². The molecule has 0 amide bonds. The van der Waals surface area contributed by atoms with Crippen molar-refractivity contribution in [2.45, 2.75) is 0 Å². The zero-order valence-corrected chi connectivity index (χ0v) is 14.4. The van der Waals surface area contributed by atoms with Gasteiger partial charge >= 0.3 is 5.97 Å². The first-order valence-electron chi connectivity index (χ1n) is 7.52. The van der Waals surface area contributed by atoms with E-state index in [2.05, 4.69) is 0 Å². The molecule has 3 aromatic rings. The first-order valence-corrected chi connectivity index (χ1v) is 7.52. The van der Waals surface area contributed by atoms with E-state index < -0.39 is 5.97 Å². The Kier molecular flexibility index (Phi) is 4.52. The Morgan fingerprint density at radius 3 is 2.00 bits per heavy atom. The van der Waals surface area contributed by atoms with Gasteiger partial charge in [-0.1, -0.05) is 0 Å². The van der Waals surface area contributed by atoms with Crippen molar-refractivity contribution in [2.24, 2.45) is 0 Å². The molecule has 0 fully saturated rings. The SMILES string of the molecule is COC(=O)c1cc(OC)cc2occ(-c3cc(OC)cc(OC)c3)c12. The fourth-order valence-corrected chi connectivity index (χ4v) is 2.71. The maximum atomic E-state index is 12.3. The van der Waals surface area contributed by atoms with Crippen molar-refractivity contribution < 1.29 is 28.2 Å². The summed E-state index contributed by atoms with van der Waals surface area (Å²) in [5, 5.41) is 0.642. The molecule has 25 heavy (non-hydrogen) atoms. The van der Waals surface area contributed by atoms with Crippen LogP contribution < -0.4 is 14.2 Å². The number of rotatable bonds is 5. The third kappa shape index (κ3) is 2.98. The second-order valence-corrected chi connectivity index (χ2v) is 5.29. The van der Waals surface area contributed by atoms with Gasteiger partial charge in [0.1, 0.15) is 22.8 Å². The van der Waals surface area contributed by atoms with Gasteiger partial charge in [-0.05, 0) is 23.8 Å². The number of hydrogen-bond donors (Lipinski definition) is 0. The zero-order chi connectivity index (χ0) is 18.0. The van der Waals surface area contributed by atoms with Gasteiger partial charge in [-0.15, -0.1) is 0 Å². The number of carbonyl (C=O) groups excluding carboxylic acids is 1. The van der Waals surface area contributed by atoms with Crippen LogP contribution in [-0.4, -0.2) is 34.4 Å². The topological polar surface area (TPSA) is 67.1 Å². The number of ether oxygens (including phenoxy) is 4. The minimum absolute atomic E-state index is 0.363. The molecule has 6 nitrogen and oxygen atoms in total. The Morgan fingerprint density at radius 1 is 0.840 bits per heavy atom. The summed E-state index contributed by atoms with van der Waals surface area (Å²) in [4.78, 5) is 12.3. The normalized spacial score (nSPS) is 10.6. The maximum absolute atomic E-state index is 12.3. The van der Waals surface area contributed by atoms with Gasteiger partial charge in [0.15, 0.2) is 0 Å². The number of carbonyl (C=O) groups is 1. The van der Waals surface area contributed by atoms with Crippen molar-refractivity contribution in [1.82, 2.24) is 0 Å². The molecule has 6 heteroatoms. The highest BCUT2D eigenvalue weighted by atomic mass is 16.5. The predicted molar refractivity (Wildman–Crippen MR) is 92.6 cm³/mol. The van der Waals surface area contributed by atoms with E-state index in [-0.39, 0.29) is 0 Å². The molecular formula is C19H18O6. The van der Waals surface area contributed by atoms with E-state index in [0.717, 1.165) is 11.1 Å². The molecule has 0 N–H and O–H groups in total. The lowest BCUT2D eigenvalue weighted by Gasteiger charge is -2.09. The summed E-state index contributed by atoms with van der Waals surface area (Å²) in [5.74, 6) is 1.31. The van der Waals surface area contributed by atoms with Gasteiger partial charge in [0.05, 0.1) is 40.3 Å². The average Bonchev–Trinajstić information content (AvgIpc) is 3.09. The van der Waals surface area contributed by atoms with E-state index in [1.54, 1.807) is 38.7 Å². The second kappa shape index (κ2) is 6.76. The number of furan rings is 1. The number of methoxy groups -OCH3 is 4. The molecule has 3 rings (SSSR count). The number of hydrogen-bond acceptors (Lipinski definition) is 6. The van der Waals surface area contributed by atoms with Gasteiger partial charge in [0.25, 0.3) is 0 Å². The summed E-state index contributed by atoms with van der Waals surface area (Å²) in [6, 6.07) is 8.82. The van der Waals surface area contributed by atoms with Crippen LogP contribution >= 0.6 is 0 Å². The Morgan fingerprint density at radius 2 is 1.44 bits per heavy atom. The van der Waals surface area contributed by atoms with Crippen molar-refractivity contribution >= 4 is 16.9 Å². The van der Waals surface area contributed by atoms with Crippen LogP contribution in [0.5, 0.6) is 17.2 Å². The second-order valence-electron chi connectivity index (χ2n) is 5.29. The molecule has 130 valence electrons. The van der Waals surface area contributed by atoms with Crippen molar-refractivity contribution in [3.8, 4) is 28.4 Å². The molecule has 0 spiro atoms. The highest BCUT2D eigenvalue weighted by molar-refractivity contribution is 6.10. The number of benzene rings is 2. The van der Waals surface area contributed by atoms with Crippen molar-refractivity contribution in [2.75, 3.05) is 28.4 Å². The first kappa shape index (κ1) is 16.7. The summed E-state index contributed by atoms with van der Waals surface area (Å²) in [7, 11) is 6.02. The summed E-state index contributed by atoms with van der Waals surface area (Å²) < 4.78 is 26.4. The van der Waals surface area contributed by atoms with Crippen molar-refractivity contribution in [3.05, 3.63) is 42.2 Å². The average molecular weight is 342 g/mol. The smallest absolute Gasteiger partial charge is 0.338 e. The van der Waals surface area contributed by atoms with Gasteiger partial charge in [0, 0.05) is 23.1 Å². The zero-order valence-electron chi connectivity index (χ0n) is 14.4. The van der Waals surface area contributed by atoms with Crippen LogP contribution in [-0.2, 0) is 4.74 Å². The summed E-state index contributed by atoms with van der Waals surface area (Å²) >= 11 is 0. The van der Waals surface area contributed by atoms with E-state index >= 15 is 0 Å². The maximum Gasteiger partial charge on any atom is 0.338 e. The number of fused-ring (bicyclic) bond motifs is 1. The summed E-state index contributed by atoms with van der Waals surface area (Å²) in [6.45, 7) is 0. The third-order valence-corrected chi connectivity index (χ3v) is 3.95. The highest BCUT2D eigenvalue weighted by Crippen LogP contribution is 2.38. The third-order valence-electron chi connectivity index (χ3n) is 3.95. The van der Waals surface area contributed by atoms with Crippen LogP contribution in [0.15, 0.2) is 41.0 Å². The first-order chi connectivity index (χ1) is 12.1. The monoisotopic (exact) mass is 342 g/mol. The molecule has 0 unspecified atom stereocenters. The molecular weight excluding hydrogens is 324 g/mol. The predicted octanol–water partition coefficient (Wildman–Crippen LogP) is 3.91. The Balaban J connectivity index is 2.29. The van der Waals surface area contributed by atoms with E-state index in [9.17, 15) is 4.79 Å². The van der Waals surface area contributed by atoms with Crippen LogP contribution in [0.4, 0.5) is 0 Å². The van der Waals surface area contributed by atoms with E-state index in [1.807, 2.05) is 12.1 Å². The standard InChI is InChI=1S/C19H18O6/c1-21-12-5-11(6-13(7-12)22-2)16-10-25-17-9-14(23-3)8-15(18(16)17)19(20)24-4/h5-10H,1-4H3. The van der Waals surface area contributed by atoms with Crippen molar-refractivity contribution in [1.29, 1.82) is 0 Å². The minimum Gasteiger partial charge on any atom is -0.497 e. The molecule has 0 bridgehead atoms. The molecule has 1 aromatic heterocycles. The van der Waals surface area contributed by atoms with Gasteiger partial charge in [-0.2, -0.15) is 0 Å². The van der Waals surface area contributed by atoms with Crippen LogP contribution in [0.3, 0.4) is 0 Å². The Bertz CT molecular complexity index is 903.